The van der Waals surface area contributed by atoms with Crippen LogP contribution in [0.3, 0.4) is 0 Å². The summed E-state index contributed by atoms with van der Waals surface area (Å²) >= 11 is 0. The molecule has 0 saturated heterocycles. The molecule has 8 heteroatoms. The van der Waals surface area contributed by atoms with Crippen LogP contribution < -0.4 is 0 Å². The van der Waals surface area contributed by atoms with Gasteiger partial charge in [-0.2, -0.15) is 5.26 Å². The van der Waals surface area contributed by atoms with Gasteiger partial charge in [0.15, 0.2) is 5.60 Å². The fourth-order valence-electron chi connectivity index (χ4n) is 3.14. The summed E-state index contributed by atoms with van der Waals surface area (Å²) in [7, 11) is 0. The number of H-pyrrole nitrogens is 1. The van der Waals surface area contributed by atoms with E-state index in [4.69, 9.17) is 5.26 Å². The van der Waals surface area contributed by atoms with Crippen LogP contribution in [0, 0.1) is 22.6 Å². The molecular weight excluding hydrogens is 393 g/mol. The highest BCUT2D eigenvalue weighted by Gasteiger charge is 2.40. The number of nitrogens with one attached hydrogen (secondary N) is 1. The van der Waals surface area contributed by atoms with Crippen LogP contribution >= 0.6 is 0 Å². The van der Waals surface area contributed by atoms with E-state index in [1.807, 2.05) is 0 Å². The molecule has 0 fully saturated rings. The van der Waals surface area contributed by atoms with E-state index in [0.29, 0.717) is 23.4 Å². The number of benzene rings is 1. The number of alkyl halides is 2. The highest BCUT2D eigenvalue weighted by molar-refractivity contribution is 5.59. The maximum absolute atomic E-state index is 13.9. The zero-order valence-corrected chi connectivity index (χ0v) is 16.5. The predicted octanol–water partition coefficient (Wildman–Crippen LogP) is 4.40. The molecule has 156 valence electrons. The fraction of sp³-hybridized carbons (Fsp3) is 0.318. The van der Waals surface area contributed by atoms with Gasteiger partial charge in [-0.15, -0.1) is 0 Å². The van der Waals surface area contributed by atoms with Gasteiger partial charge in [-0.3, -0.25) is 4.98 Å². The summed E-state index contributed by atoms with van der Waals surface area (Å²) in [4.78, 5) is 11.0. The highest BCUT2D eigenvalue weighted by Crippen LogP contribution is 2.33. The molecule has 0 spiro atoms. The van der Waals surface area contributed by atoms with Gasteiger partial charge in [0.05, 0.1) is 23.4 Å². The number of aromatic nitrogens is 3. The van der Waals surface area contributed by atoms with Crippen LogP contribution in [0.15, 0.2) is 48.8 Å². The lowest BCUT2D eigenvalue weighted by molar-refractivity contribution is -0.102. The average Bonchev–Trinajstić information content (AvgIpc) is 3.14. The molecule has 0 amide bonds. The van der Waals surface area contributed by atoms with E-state index >= 15 is 0 Å². The van der Waals surface area contributed by atoms with E-state index in [1.54, 1.807) is 26.0 Å². The van der Waals surface area contributed by atoms with Gasteiger partial charge >= 0.3 is 0 Å². The lowest BCUT2D eigenvalue weighted by Gasteiger charge is -2.27. The number of imidazole rings is 1. The quantitative estimate of drug-likeness (QED) is 0.600. The van der Waals surface area contributed by atoms with E-state index in [2.05, 4.69) is 21.0 Å². The standard InChI is InChI=1S/C22H21F3N4O/c1-21(2,13-26)9-17-12-28-19(29-17)10-22(30,20(24)25)15-5-3-14(4-6-15)18-8-7-16(23)11-27-18/h3-8,11-12,20,30H,9-10H2,1-2H3,(H,28,29). The summed E-state index contributed by atoms with van der Waals surface area (Å²) in [6, 6.07) is 10.8. The monoisotopic (exact) mass is 414 g/mol. The van der Waals surface area contributed by atoms with Crippen LogP contribution in [0.4, 0.5) is 13.2 Å². The molecule has 0 bridgehead atoms. The number of nitrogens with zero attached hydrogens (tertiary/aromatic N) is 3. The Morgan fingerprint density at radius 1 is 1.07 bits per heavy atom. The summed E-state index contributed by atoms with van der Waals surface area (Å²) in [6.45, 7) is 3.53. The number of nitriles is 1. The highest BCUT2D eigenvalue weighted by atomic mass is 19.3. The van der Waals surface area contributed by atoms with Crippen molar-refractivity contribution in [2.24, 2.45) is 5.41 Å². The van der Waals surface area contributed by atoms with Crippen LogP contribution in [0.2, 0.25) is 0 Å². The summed E-state index contributed by atoms with van der Waals surface area (Å²) in [6.07, 6.45) is -0.546. The minimum absolute atomic E-state index is 0.0265. The second-order valence-corrected chi connectivity index (χ2v) is 7.87. The molecular formula is C22H21F3N4O. The molecule has 0 radical (unpaired) electrons. The first-order chi connectivity index (χ1) is 14.1. The van der Waals surface area contributed by atoms with E-state index in [1.165, 1.54) is 30.5 Å². The summed E-state index contributed by atoms with van der Waals surface area (Å²) in [5.74, 6) is -0.274. The largest absolute Gasteiger partial charge is 0.379 e. The first kappa shape index (κ1) is 21.5. The number of hydrogen-bond acceptors (Lipinski definition) is 4. The number of aliphatic hydroxyl groups is 1. The van der Waals surface area contributed by atoms with Crippen LogP contribution in [-0.4, -0.2) is 26.5 Å². The Labute approximate surface area is 172 Å². The molecule has 1 atom stereocenters. The minimum Gasteiger partial charge on any atom is -0.379 e. The molecule has 2 N–H and O–H groups in total. The smallest absolute Gasteiger partial charge is 0.271 e. The van der Waals surface area contributed by atoms with E-state index < -0.39 is 29.7 Å². The Kier molecular flexibility index (Phi) is 5.94. The van der Waals surface area contributed by atoms with Crippen molar-refractivity contribution in [3.63, 3.8) is 0 Å². The maximum Gasteiger partial charge on any atom is 0.271 e. The second kappa shape index (κ2) is 8.28. The van der Waals surface area contributed by atoms with Gasteiger partial charge in [-0.05, 0) is 31.5 Å². The van der Waals surface area contributed by atoms with Gasteiger partial charge in [0.25, 0.3) is 6.43 Å². The van der Waals surface area contributed by atoms with Crippen molar-refractivity contribution in [2.75, 3.05) is 0 Å². The first-order valence-electron chi connectivity index (χ1n) is 9.30. The van der Waals surface area contributed by atoms with Crippen LogP contribution in [0.25, 0.3) is 11.3 Å². The van der Waals surface area contributed by atoms with Crippen molar-refractivity contribution in [3.05, 3.63) is 71.7 Å². The van der Waals surface area contributed by atoms with Crippen molar-refractivity contribution in [1.82, 2.24) is 15.0 Å². The van der Waals surface area contributed by atoms with Gasteiger partial charge in [-0.25, -0.2) is 18.2 Å². The number of hydrogen-bond donors (Lipinski definition) is 2. The summed E-state index contributed by atoms with van der Waals surface area (Å²) in [5.41, 5.74) is -1.33. The number of aromatic amines is 1. The molecule has 1 unspecified atom stereocenters. The Balaban J connectivity index is 1.83. The molecule has 0 saturated carbocycles. The van der Waals surface area contributed by atoms with E-state index in [0.717, 1.165) is 6.20 Å². The van der Waals surface area contributed by atoms with Crippen LogP contribution in [0.1, 0.15) is 30.9 Å². The lowest BCUT2D eigenvalue weighted by atomic mass is 9.89. The molecule has 2 aromatic heterocycles. The van der Waals surface area contributed by atoms with Crippen molar-refractivity contribution in [2.45, 2.75) is 38.7 Å². The Hall–Kier alpha value is -3.18. The average molecular weight is 414 g/mol. The molecule has 2 heterocycles. The number of rotatable bonds is 7. The third kappa shape index (κ3) is 4.69. The molecule has 1 aromatic carbocycles. The zero-order valence-electron chi connectivity index (χ0n) is 16.5. The van der Waals surface area contributed by atoms with Gasteiger partial charge in [0.1, 0.15) is 11.6 Å². The Morgan fingerprint density at radius 2 is 1.77 bits per heavy atom. The molecule has 0 aliphatic carbocycles. The number of halogens is 3. The van der Waals surface area contributed by atoms with Crippen molar-refractivity contribution in [3.8, 4) is 17.3 Å². The van der Waals surface area contributed by atoms with Gasteiger partial charge < -0.3 is 10.1 Å². The zero-order chi connectivity index (χ0) is 21.9. The van der Waals surface area contributed by atoms with Crippen molar-refractivity contribution >= 4 is 0 Å². The normalized spacial score (nSPS) is 13.8. The van der Waals surface area contributed by atoms with Crippen molar-refractivity contribution < 1.29 is 18.3 Å². The molecule has 3 rings (SSSR count). The summed E-state index contributed by atoms with van der Waals surface area (Å²) < 4.78 is 40.8. The van der Waals surface area contributed by atoms with Crippen LogP contribution in [0.5, 0.6) is 0 Å². The van der Waals surface area contributed by atoms with E-state index in [-0.39, 0.29) is 11.4 Å². The Morgan fingerprint density at radius 3 is 2.33 bits per heavy atom. The summed E-state index contributed by atoms with van der Waals surface area (Å²) in [5, 5.41) is 19.9. The second-order valence-electron chi connectivity index (χ2n) is 7.87. The number of pyridine rings is 1. The van der Waals surface area contributed by atoms with Gasteiger partial charge in [-0.1, -0.05) is 24.3 Å². The van der Waals surface area contributed by atoms with Crippen LogP contribution in [-0.2, 0) is 18.4 Å². The molecule has 5 nitrogen and oxygen atoms in total. The molecule has 30 heavy (non-hydrogen) atoms. The lowest BCUT2D eigenvalue weighted by Crippen LogP contribution is -2.37. The van der Waals surface area contributed by atoms with Gasteiger partial charge in [0.2, 0.25) is 0 Å². The Bertz CT molecular complexity index is 1040. The SMILES string of the molecule is CC(C)(C#N)Cc1cnc(CC(O)(c2ccc(-c3ccc(F)cn3)cc2)C(F)F)[nH]1. The van der Waals surface area contributed by atoms with Crippen molar-refractivity contribution in [1.29, 1.82) is 5.26 Å². The third-order valence-electron chi connectivity index (χ3n) is 4.82. The molecule has 0 aliphatic rings. The third-order valence-corrected chi connectivity index (χ3v) is 4.82. The predicted molar refractivity (Wildman–Crippen MR) is 105 cm³/mol. The topological polar surface area (TPSA) is 85.6 Å². The fourth-order valence-corrected chi connectivity index (χ4v) is 3.14. The van der Waals surface area contributed by atoms with Gasteiger partial charge in [0, 0.05) is 30.3 Å². The first-order valence-corrected chi connectivity index (χ1v) is 9.30. The molecule has 3 aromatic rings. The molecule has 0 aliphatic heterocycles. The van der Waals surface area contributed by atoms with E-state index in [9.17, 15) is 18.3 Å². The minimum atomic E-state index is -3.06. The maximum atomic E-state index is 13.9.